The molecule has 1 amide bonds. The SMILES string of the molecule is CCNC(=NCC(C)(C)NC(=O)OC(C)(C)C)NCCCNS(C)(=O)=O.I. The summed E-state index contributed by atoms with van der Waals surface area (Å²) in [7, 11) is -3.17. The minimum absolute atomic E-state index is 0. The van der Waals surface area contributed by atoms with Gasteiger partial charge in [-0.05, 0) is 48.0 Å². The van der Waals surface area contributed by atoms with Crippen molar-refractivity contribution < 1.29 is 17.9 Å². The number of hydrogen-bond donors (Lipinski definition) is 4. The number of nitrogens with one attached hydrogen (secondary N) is 4. The van der Waals surface area contributed by atoms with Crippen molar-refractivity contribution in [2.75, 3.05) is 32.4 Å². The van der Waals surface area contributed by atoms with E-state index in [4.69, 9.17) is 4.74 Å². The van der Waals surface area contributed by atoms with E-state index in [2.05, 4.69) is 25.7 Å². The van der Waals surface area contributed by atoms with Gasteiger partial charge in [0.05, 0.1) is 18.3 Å². The number of nitrogens with zero attached hydrogens (tertiary/aromatic N) is 1. The molecule has 0 aromatic rings. The molecule has 0 heterocycles. The molecular formula is C16H36IN5O4S. The zero-order valence-electron chi connectivity index (χ0n) is 17.4. The van der Waals surface area contributed by atoms with Gasteiger partial charge < -0.3 is 20.7 Å². The van der Waals surface area contributed by atoms with Crippen LogP contribution in [0.5, 0.6) is 0 Å². The van der Waals surface area contributed by atoms with Crippen molar-refractivity contribution in [3.63, 3.8) is 0 Å². The molecule has 0 atom stereocenters. The highest BCUT2D eigenvalue weighted by atomic mass is 127. The molecule has 27 heavy (non-hydrogen) atoms. The maximum atomic E-state index is 11.9. The number of alkyl carbamates (subject to hydrolysis) is 1. The summed E-state index contributed by atoms with van der Waals surface area (Å²) in [6.07, 6.45) is 1.27. The molecule has 0 unspecified atom stereocenters. The predicted molar refractivity (Wildman–Crippen MR) is 120 cm³/mol. The van der Waals surface area contributed by atoms with Gasteiger partial charge in [-0.2, -0.15) is 0 Å². The highest BCUT2D eigenvalue weighted by Crippen LogP contribution is 2.09. The molecule has 0 aromatic carbocycles. The monoisotopic (exact) mass is 521 g/mol. The van der Waals surface area contributed by atoms with Gasteiger partial charge in [-0.15, -0.1) is 24.0 Å². The van der Waals surface area contributed by atoms with Gasteiger partial charge in [0.1, 0.15) is 5.60 Å². The van der Waals surface area contributed by atoms with Crippen LogP contribution in [0.4, 0.5) is 4.79 Å². The fraction of sp³-hybridized carbons (Fsp3) is 0.875. The molecule has 0 aliphatic carbocycles. The first-order chi connectivity index (χ1) is 11.7. The van der Waals surface area contributed by atoms with Crippen LogP contribution in [0.1, 0.15) is 48.0 Å². The second-order valence-electron chi connectivity index (χ2n) is 7.65. The van der Waals surface area contributed by atoms with Crippen LogP contribution in [0.2, 0.25) is 0 Å². The predicted octanol–water partition coefficient (Wildman–Crippen LogP) is 1.40. The van der Waals surface area contributed by atoms with Crippen molar-refractivity contribution in [2.45, 2.75) is 59.1 Å². The van der Waals surface area contributed by atoms with E-state index in [0.29, 0.717) is 38.6 Å². The smallest absolute Gasteiger partial charge is 0.408 e. The van der Waals surface area contributed by atoms with E-state index in [1.165, 1.54) is 0 Å². The van der Waals surface area contributed by atoms with Gasteiger partial charge in [0, 0.05) is 19.6 Å². The molecule has 0 fully saturated rings. The maximum Gasteiger partial charge on any atom is 0.408 e. The molecule has 9 nitrogen and oxygen atoms in total. The van der Waals surface area contributed by atoms with Crippen LogP contribution in [-0.2, 0) is 14.8 Å². The van der Waals surface area contributed by atoms with Crippen LogP contribution in [0.3, 0.4) is 0 Å². The van der Waals surface area contributed by atoms with Crippen molar-refractivity contribution in [3.05, 3.63) is 0 Å². The van der Waals surface area contributed by atoms with Crippen molar-refractivity contribution in [2.24, 2.45) is 4.99 Å². The lowest BCUT2D eigenvalue weighted by molar-refractivity contribution is 0.0476. The van der Waals surface area contributed by atoms with Crippen LogP contribution in [-0.4, -0.2) is 64.0 Å². The van der Waals surface area contributed by atoms with Gasteiger partial charge in [-0.25, -0.2) is 17.9 Å². The van der Waals surface area contributed by atoms with Crippen LogP contribution >= 0.6 is 24.0 Å². The van der Waals surface area contributed by atoms with E-state index in [0.717, 1.165) is 6.26 Å². The Kier molecular flexibility index (Phi) is 13.3. The number of sulfonamides is 1. The van der Waals surface area contributed by atoms with Crippen molar-refractivity contribution in [1.29, 1.82) is 0 Å². The highest BCUT2D eigenvalue weighted by molar-refractivity contribution is 14.0. The zero-order chi connectivity index (χ0) is 20.4. The minimum Gasteiger partial charge on any atom is -0.444 e. The summed E-state index contributed by atoms with van der Waals surface area (Å²) in [6.45, 7) is 13.1. The van der Waals surface area contributed by atoms with Crippen molar-refractivity contribution in [1.82, 2.24) is 20.7 Å². The summed E-state index contributed by atoms with van der Waals surface area (Å²) in [5, 5.41) is 9.04. The molecule has 4 N–H and O–H groups in total. The van der Waals surface area contributed by atoms with E-state index in [-0.39, 0.29) is 24.0 Å². The Bertz CT molecular complexity index is 574. The lowest BCUT2D eigenvalue weighted by atomic mass is 10.1. The Morgan fingerprint density at radius 3 is 2.15 bits per heavy atom. The summed E-state index contributed by atoms with van der Waals surface area (Å²) in [5.41, 5.74) is -1.14. The fourth-order valence-corrected chi connectivity index (χ4v) is 2.31. The number of carbonyl (C=O) groups excluding carboxylic acids is 1. The second-order valence-corrected chi connectivity index (χ2v) is 9.49. The van der Waals surface area contributed by atoms with E-state index >= 15 is 0 Å². The third-order valence-corrected chi connectivity index (χ3v) is 3.55. The molecule has 0 aliphatic heterocycles. The number of guanidine groups is 1. The third-order valence-electron chi connectivity index (χ3n) is 2.83. The van der Waals surface area contributed by atoms with Crippen LogP contribution in [0.15, 0.2) is 4.99 Å². The number of ether oxygens (including phenoxy) is 1. The number of amides is 1. The number of hydrogen-bond acceptors (Lipinski definition) is 5. The summed E-state index contributed by atoms with van der Waals surface area (Å²) >= 11 is 0. The van der Waals surface area contributed by atoms with Crippen molar-refractivity contribution >= 4 is 46.1 Å². The molecule has 0 bridgehead atoms. The normalized spacial score (nSPS) is 12.8. The van der Waals surface area contributed by atoms with Crippen LogP contribution in [0.25, 0.3) is 0 Å². The Hall–Kier alpha value is -0.820. The molecule has 11 heteroatoms. The lowest BCUT2D eigenvalue weighted by Gasteiger charge is -2.27. The topological polar surface area (TPSA) is 121 Å². The number of rotatable bonds is 9. The van der Waals surface area contributed by atoms with E-state index in [1.54, 1.807) is 0 Å². The zero-order valence-corrected chi connectivity index (χ0v) is 20.6. The summed E-state index contributed by atoms with van der Waals surface area (Å²) in [5.74, 6) is 0.603. The lowest BCUT2D eigenvalue weighted by Crippen LogP contribution is -2.49. The molecule has 0 radical (unpaired) electrons. The van der Waals surface area contributed by atoms with Gasteiger partial charge in [-0.3, -0.25) is 4.99 Å². The Morgan fingerprint density at radius 1 is 1.07 bits per heavy atom. The van der Waals surface area contributed by atoms with Crippen LogP contribution < -0.4 is 20.7 Å². The maximum absolute atomic E-state index is 11.9. The summed E-state index contributed by atoms with van der Waals surface area (Å²) in [4.78, 5) is 16.4. The van der Waals surface area contributed by atoms with Gasteiger partial charge in [0.15, 0.2) is 5.96 Å². The number of aliphatic imine (C=N–C) groups is 1. The van der Waals surface area contributed by atoms with E-state index in [9.17, 15) is 13.2 Å². The van der Waals surface area contributed by atoms with Gasteiger partial charge in [-0.1, -0.05) is 0 Å². The molecule has 0 rings (SSSR count). The number of carbonyl (C=O) groups is 1. The van der Waals surface area contributed by atoms with Gasteiger partial charge in [0.25, 0.3) is 0 Å². The Balaban J connectivity index is 0. The first-order valence-electron chi connectivity index (χ1n) is 8.72. The van der Waals surface area contributed by atoms with E-state index in [1.807, 2.05) is 41.5 Å². The highest BCUT2D eigenvalue weighted by Gasteiger charge is 2.24. The van der Waals surface area contributed by atoms with Crippen LogP contribution in [0, 0.1) is 0 Å². The summed E-state index contributed by atoms with van der Waals surface area (Å²) in [6, 6.07) is 0. The number of halogens is 1. The molecule has 0 spiro atoms. The quantitative estimate of drug-likeness (QED) is 0.158. The Morgan fingerprint density at radius 2 is 1.67 bits per heavy atom. The average Bonchev–Trinajstić information content (AvgIpc) is 2.40. The average molecular weight is 521 g/mol. The largest absolute Gasteiger partial charge is 0.444 e. The first-order valence-corrected chi connectivity index (χ1v) is 10.6. The molecule has 0 aliphatic rings. The molecule has 0 saturated carbocycles. The van der Waals surface area contributed by atoms with Gasteiger partial charge in [0.2, 0.25) is 10.0 Å². The van der Waals surface area contributed by atoms with Gasteiger partial charge >= 0.3 is 6.09 Å². The fourth-order valence-electron chi connectivity index (χ4n) is 1.79. The second kappa shape index (κ2) is 12.6. The molecule has 0 saturated heterocycles. The molecule has 0 aromatic heterocycles. The first kappa shape index (κ1) is 28.4. The Labute approximate surface area is 180 Å². The molecular weight excluding hydrogens is 485 g/mol. The standard InChI is InChI=1S/C16H35N5O4S.HI/c1-8-17-13(18-10-9-11-20-26(7,23)24)19-12-16(5,6)21-14(22)25-15(2,3)4;/h20H,8-12H2,1-7H3,(H,21,22)(H2,17,18,19);1H. The van der Waals surface area contributed by atoms with Crippen molar-refractivity contribution in [3.8, 4) is 0 Å². The summed E-state index contributed by atoms with van der Waals surface area (Å²) < 4.78 is 29.7. The minimum atomic E-state index is -3.17. The molecule has 162 valence electrons. The van der Waals surface area contributed by atoms with E-state index < -0.39 is 27.3 Å². The third kappa shape index (κ3) is 18.3.